The monoisotopic (exact) mass is 421 g/mol. The van der Waals surface area contributed by atoms with Crippen LogP contribution in [-0.2, 0) is 6.42 Å². The maximum Gasteiger partial charge on any atom is 0.129 e. The summed E-state index contributed by atoms with van der Waals surface area (Å²) in [5.41, 5.74) is 4.25. The first kappa shape index (κ1) is 16.8. The molecule has 0 radical (unpaired) electrons. The molecule has 122 valence electrons. The Morgan fingerprint density at radius 2 is 2.00 bits per heavy atom. The highest BCUT2D eigenvalue weighted by Gasteiger charge is 2.26. The highest BCUT2D eigenvalue weighted by Crippen LogP contribution is 2.41. The molecule has 3 rings (SSSR count). The van der Waals surface area contributed by atoms with E-state index in [0.717, 1.165) is 16.5 Å². The van der Waals surface area contributed by atoms with Gasteiger partial charge in [0, 0.05) is 6.54 Å². The molecule has 1 aliphatic rings. The average Bonchev–Trinajstić information content (AvgIpc) is 2.59. The van der Waals surface area contributed by atoms with E-state index in [4.69, 9.17) is 0 Å². The minimum absolute atomic E-state index is 0.430. The summed E-state index contributed by atoms with van der Waals surface area (Å²) in [4.78, 5) is 0. The number of phenolic OH excluding ortho intramolecular Hbond substituents is 1. The van der Waals surface area contributed by atoms with Crippen molar-refractivity contribution in [1.29, 1.82) is 0 Å². The summed E-state index contributed by atoms with van der Waals surface area (Å²) >= 11 is 2.30. The van der Waals surface area contributed by atoms with Crippen LogP contribution in [-0.4, -0.2) is 18.7 Å². The summed E-state index contributed by atoms with van der Waals surface area (Å²) in [5, 5.41) is 13.3. The number of hydrogen-bond acceptors (Lipinski definition) is 2. The Morgan fingerprint density at radius 3 is 2.74 bits per heavy atom. The quantitative estimate of drug-likeness (QED) is 0.680. The summed E-state index contributed by atoms with van der Waals surface area (Å²) in [6.07, 6.45) is 4.73. The Morgan fingerprint density at radius 1 is 1.22 bits per heavy atom. The van der Waals surface area contributed by atoms with Crippen molar-refractivity contribution in [3.63, 3.8) is 0 Å². The number of likely N-dealkylation sites (N-methyl/N-ethyl adjacent to an activating group) is 1. The standard InChI is InChI=1S/C20H24INO/c1-22-13-16(14-6-3-2-4-7-14)12-15-8-5-9-18-17(15)10-11-19(23)20(18)21/h2-4,6-7,10-11,15-16,22-23H,5,8-9,12-13H2,1H3. The summed E-state index contributed by atoms with van der Waals surface area (Å²) in [6, 6.07) is 14.9. The Labute approximate surface area is 152 Å². The predicted octanol–water partition coefficient (Wildman–Crippen LogP) is 4.81. The number of aromatic hydroxyl groups is 1. The van der Waals surface area contributed by atoms with E-state index in [-0.39, 0.29) is 0 Å². The Kier molecular flexibility index (Phi) is 5.59. The van der Waals surface area contributed by atoms with E-state index >= 15 is 0 Å². The summed E-state index contributed by atoms with van der Waals surface area (Å²) in [5.74, 6) is 1.55. The first-order chi connectivity index (χ1) is 11.2. The molecule has 2 aromatic rings. The highest BCUT2D eigenvalue weighted by atomic mass is 127. The van der Waals surface area contributed by atoms with E-state index in [1.165, 1.54) is 36.0 Å². The second-order valence-electron chi connectivity index (χ2n) is 6.46. The number of fused-ring (bicyclic) bond motifs is 1. The van der Waals surface area contributed by atoms with Crippen molar-refractivity contribution >= 4 is 22.6 Å². The SMILES string of the molecule is CNCC(CC1CCCc2c1ccc(O)c2I)c1ccccc1. The first-order valence-corrected chi connectivity index (χ1v) is 9.48. The smallest absolute Gasteiger partial charge is 0.129 e. The van der Waals surface area contributed by atoms with Crippen molar-refractivity contribution < 1.29 is 5.11 Å². The average molecular weight is 421 g/mol. The molecule has 2 aromatic carbocycles. The van der Waals surface area contributed by atoms with Crippen LogP contribution in [0.2, 0.25) is 0 Å². The molecule has 1 aliphatic carbocycles. The third kappa shape index (κ3) is 3.72. The van der Waals surface area contributed by atoms with Crippen molar-refractivity contribution in [2.24, 2.45) is 0 Å². The van der Waals surface area contributed by atoms with Crippen LogP contribution in [0.4, 0.5) is 0 Å². The van der Waals surface area contributed by atoms with Gasteiger partial charge in [0.2, 0.25) is 0 Å². The van der Waals surface area contributed by atoms with Gasteiger partial charge in [-0.3, -0.25) is 0 Å². The minimum atomic E-state index is 0.430. The molecule has 0 saturated heterocycles. The zero-order valence-electron chi connectivity index (χ0n) is 13.6. The lowest BCUT2D eigenvalue weighted by Gasteiger charge is -2.30. The van der Waals surface area contributed by atoms with Crippen LogP contribution in [0.5, 0.6) is 5.75 Å². The zero-order chi connectivity index (χ0) is 16.2. The Hall–Kier alpha value is -1.07. The molecule has 2 atom stereocenters. The highest BCUT2D eigenvalue weighted by molar-refractivity contribution is 14.1. The summed E-state index contributed by atoms with van der Waals surface area (Å²) < 4.78 is 1.05. The number of phenols is 1. The molecular formula is C20H24INO. The molecule has 0 amide bonds. The van der Waals surface area contributed by atoms with Gasteiger partial charge in [0.25, 0.3) is 0 Å². The van der Waals surface area contributed by atoms with Gasteiger partial charge in [-0.25, -0.2) is 0 Å². The van der Waals surface area contributed by atoms with E-state index < -0.39 is 0 Å². The molecule has 0 bridgehead atoms. The topological polar surface area (TPSA) is 32.3 Å². The molecule has 2 N–H and O–H groups in total. The first-order valence-electron chi connectivity index (χ1n) is 8.40. The lowest BCUT2D eigenvalue weighted by molar-refractivity contribution is 0.449. The van der Waals surface area contributed by atoms with Crippen molar-refractivity contribution in [1.82, 2.24) is 5.32 Å². The fourth-order valence-electron chi connectivity index (χ4n) is 3.84. The molecule has 0 heterocycles. The van der Waals surface area contributed by atoms with Crippen LogP contribution in [0.25, 0.3) is 0 Å². The van der Waals surface area contributed by atoms with Gasteiger partial charge in [0.1, 0.15) is 5.75 Å². The van der Waals surface area contributed by atoms with Gasteiger partial charge in [-0.1, -0.05) is 36.4 Å². The van der Waals surface area contributed by atoms with Gasteiger partial charge in [-0.05, 0) is 89.9 Å². The number of rotatable bonds is 5. The van der Waals surface area contributed by atoms with Gasteiger partial charge in [-0.15, -0.1) is 0 Å². The molecule has 2 nitrogen and oxygen atoms in total. The van der Waals surface area contributed by atoms with Crippen molar-refractivity contribution in [2.75, 3.05) is 13.6 Å². The predicted molar refractivity (Wildman–Crippen MR) is 104 cm³/mol. The van der Waals surface area contributed by atoms with Gasteiger partial charge >= 0.3 is 0 Å². The fraction of sp³-hybridized carbons (Fsp3) is 0.400. The van der Waals surface area contributed by atoms with Crippen LogP contribution < -0.4 is 5.32 Å². The third-order valence-corrected chi connectivity index (χ3v) is 6.17. The van der Waals surface area contributed by atoms with E-state index in [0.29, 0.717) is 17.6 Å². The van der Waals surface area contributed by atoms with Gasteiger partial charge in [0.05, 0.1) is 3.57 Å². The van der Waals surface area contributed by atoms with E-state index in [9.17, 15) is 5.11 Å². The van der Waals surface area contributed by atoms with Crippen molar-refractivity contribution in [3.8, 4) is 5.75 Å². The Bertz CT molecular complexity index is 656. The van der Waals surface area contributed by atoms with Crippen LogP contribution in [0, 0.1) is 3.57 Å². The fourth-order valence-corrected chi connectivity index (χ4v) is 4.60. The largest absolute Gasteiger partial charge is 0.507 e. The molecular weight excluding hydrogens is 397 g/mol. The second kappa shape index (κ2) is 7.67. The molecule has 2 unspecified atom stereocenters. The maximum absolute atomic E-state index is 9.99. The molecule has 0 aromatic heterocycles. The van der Waals surface area contributed by atoms with E-state index in [1.807, 2.05) is 13.1 Å². The molecule has 0 saturated carbocycles. The number of nitrogens with one attached hydrogen (secondary N) is 1. The van der Waals surface area contributed by atoms with E-state index in [1.54, 1.807) is 0 Å². The molecule has 23 heavy (non-hydrogen) atoms. The molecule has 3 heteroatoms. The number of hydrogen-bond donors (Lipinski definition) is 2. The normalized spacial score (nSPS) is 18.4. The minimum Gasteiger partial charge on any atom is -0.507 e. The Balaban J connectivity index is 1.87. The lowest BCUT2D eigenvalue weighted by Crippen LogP contribution is -2.21. The zero-order valence-corrected chi connectivity index (χ0v) is 15.7. The van der Waals surface area contributed by atoms with Crippen LogP contribution in [0.15, 0.2) is 42.5 Å². The molecule has 0 aliphatic heterocycles. The van der Waals surface area contributed by atoms with Crippen LogP contribution in [0.1, 0.15) is 47.8 Å². The van der Waals surface area contributed by atoms with Gasteiger partial charge < -0.3 is 10.4 Å². The van der Waals surface area contributed by atoms with Crippen LogP contribution >= 0.6 is 22.6 Å². The second-order valence-corrected chi connectivity index (χ2v) is 7.54. The van der Waals surface area contributed by atoms with Gasteiger partial charge in [0.15, 0.2) is 0 Å². The van der Waals surface area contributed by atoms with Gasteiger partial charge in [-0.2, -0.15) is 0 Å². The molecule has 0 spiro atoms. The van der Waals surface area contributed by atoms with E-state index in [2.05, 4.69) is 64.3 Å². The third-order valence-electron chi connectivity index (χ3n) is 4.97. The van der Waals surface area contributed by atoms with Crippen molar-refractivity contribution in [2.45, 2.75) is 37.5 Å². The van der Waals surface area contributed by atoms with Crippen molar-refractivity contribution in [3.05, 3.63) is 62.7 Å². The lowest BCUT2D eigenvalue weighted by atomic mass is 9.76. The van der Waals surface area contributed by atoms with Crippen LogP contribution in [0.3, 0.4) is 0 Å². The molecule has 0 fully saturated rings. The number of benzene rings is 2. The summed E-state index contributed by atoms with van der Waals surface area (Å²) in [7, 11) is 2.03. The maximum atomic E-state index is 9.99. The number of halogens is 1. The summed E-state index contributed by atoms with van der Waals surface area (Å²) in [6.45, 7) is 1.00.